The first-order valence-electron chi connectivity index (χ1n) is 10.8. The van der Waals surface area contributed by atoms with Crippen LogP contribution in [0.4, 0.5) is 0 Å². The van der Waals surface area contributed by atoms with Gasteiger partial charge in [-0.15, -0.1) is 0 Å². The molecule has 1 aliphatic rings. The van der Waals surface area contributed by atoms with Gasteiger partial charge in [-0.2, -0.15) is 0 Å². The monoisotopic (exact) mass is 369 g/mol. The lowest BCUT2D eigenvalue weighted by molar-refractivity contribution is 0.164. The van der Waals surface area contributed by atoms with Crippen LogP contribution in [0.1, 0.15) is 38.5 Å². The van der Waals surface area contributed by atoms with E-state index in [0.29, 0.717) is 0 Å². The summed E-state index contributed by atoms with van der Waals surface area (Å²) >= 11 is 0. The Balaban J connectivity index is 2.04. The van der Waals surface area contributed by atoms with Gasteiger partial charge >= 0.3 is 0 Å². The molecule has 26 heavy (non-hydrogen) atoms. The Hall–Kier alpha value is -0.500. The molecule has 0 bridgehead atoms. The van der Waals surface area contributed by atoms with E-state index in [1.54, 1.807) is 0 Å². The minimum atomic E-state index is 0.742. The van der Waals surface area contributed by atoms with Crippen LogP contribution in [0, 0.1) is 0 Å². The zero-order chi connectivity index (χ0) is 18.4. The molecule has 0 saturated carbocycles. The zero-order valence-corrected chi connectivity index (χ0v) is 16.8. The van der Waals surface area contributed by atoms with E-state index in [9.17, 15) is 0 Å². The lowest BCUT2D eigenvalue weighted by Crippen LogP contribution is -2.36. The Morgan fingerprint density at radius 2 is 0.962 bits per heavy atom. The van der Waals surface area contributed by atoms with Crippen molar-refractivity contribution in [1.82, 2.24) is 26.6 Å². The molecule has 0 aliphatic carbocycles. The molecular weight excluding hydrogens is 326 g/mol. The van der Waals surface area contributed by atoms with Gasteiger partial charge in [-0.3, -0.25) is 0 Å². The largest absolute Gasteiger partial charge is 0.376 e. The SMILES string of the molecule is C1=CCOCCNCCNCCNCCNCCNCCCCCCC1. The molecule has 0 fully saturated rings. The maximum Gasteiger partial charge on any atom is 0.0648 e. The first-order chi connectivity index (χ1) is 13.0. The minimum absolute atomic E-state index is 0.742. The van der Waals surface area contributed by atoms with Crippen molar-refractivity contribution < 1.29 is 4.74 Å². The van der Waals surface area contributed by atoms with Crippen LogP contribution in [0.5, 0.6) is 0 Å². The highest BCUT2D eigenvalue weighted by Gasteiger charge is 1.93. The van der Waals surface area contributed by atoms with E-state index in [1.165, 1.54) is 38.5 Å². The fourth-order valence-corrected chi connectivity index (χ4v) is 2.86. The number of ether oxygens (including phenoxy) is 1. The van der Waals surface area contributed by atoms with Crippen LogP contribution in [0.25, 0.3) is 0 Å². The second-order valence-electron chi connectivity index (χ2n) is 6.85. The molecule has 0 atom stereocenters. The Bertz CT molecular complexity index is 274. The molecule has 154 valence electrons. The fraction of sp³-hybridized carbons (Fsp3) is 0.900. The van der Waals surface area contributed by atoms with Crippen LogP contribution in [0.3, 0.4) is 0 Å². The molecule has 0 amide bonds. The molecular formula is C20H43N5O. The Labute approximate surface area is 161 Å². The van der Waals surface area contributed by atoms with E-state index in [0.717, 1.165) is 78.7 Å². The molecule has 5 N–H and O–H groups in total. The van der Waals surface area contributed by atoms with Gasteiger partial charge in [0.05, 0.1) is 13.2 Å². The van der Waals surface area contributed by atoms with E-state index in [-0.39, 0.29) is 0 Å². The second-order valence-corrected chi connectivity index (χ2v) is 6.85. The smallest absolute Gasteiger partial charge is 0.0648 e. The fourth-order valence-electron chi connectivity index (χ4n) is 2.86. The molecule has 0 aromatic heterocycles. The summed E-state index contributed by atoms with van der Waals surface area (Å²) in [5.41, 5.74) is 0. The third kappa shape index (κ3) is 18.3. The Morgan fingerprint density at radius 1 is 0.462 bits per heavy atom. The average molecular weight is 370 g/mol. The van der Waals surface area contributed by atoms with E-state index >= 15 is 0 Å². The number of hydrogen-bond donors (Lipinski definition) is 5. The van der Waals surface area contributed by atoms with Gasteiger partial charge < -0.3 is 31.3 Å². The minimum Gasteiger partial charge on any atom is -0.376 e. The second kappa shape index (κ2) is 20.8. The summed E-state index contributed by atoms with van der Waals surface area (Å²) in [7, 11) is 0. The van der Waals surface area contributed by atoms with Gasteiger partial charge in [-0.1, -0.05) is 31.4 Å². The highest BCUT2D eigenvalue weighted by atomic mass is 16.5. The van der Waals surface area contributed by atoms with E-state index in [4.69, 9.17) is 4.74 Å². The number of hydrogen-bond acceptors (Lipinski definition) is 6. The van der Waals surface area contributed by atoms with Crippen LogP contribution in [-0.4, -0.2) is 78.7 Å². The molecule has 1 rings (SSSR count). The predicted octanol–water partition coefficient (Wildman–Crippen LogP) is 0.861. The number of allylic oxidation sites excluding steroid dienone is 1. The molecule has 0 spiro atoms. The highest BCUT2D eigenvalue weighted by Crippen LogP contribution is 2.05. The van der Waals surface area contributed by atoms with E-state index in [2.05, 4.69) is 38.7 Å². The highest BCUT2D eigenvalue weighted by molar-refractivity contribution is 4.81. The molecule has 1 aliphatic heterocycles. The molecule has 0 radical (unpaired) electrons. The Morgan fingerprint density at radius 3 is 1.62 bits per heavy atom. The quantitative estimate of drug-likeness (QED) is 0.408. The molecule has 1 heterocycles. The van der Waals surface area contributed by atoms with Crippen LogP contribution < -0.4 is 26.6 Å². The van der Waals surface area contributed by atoms with Crippen LogP contribution in [0.2, 0.25) is 0 Å². The number of nitrogens with one attached hydrogen (secondary N) is 5. The first kappa shape index (κ1) is 23.5. The molecule has 0 aromatic rings. The van der Waals surface area contributed by atoms with Crippen molar-refractivity contribution in [2.45, 2.75) is 38.5 Å². The number of rotatable bonds is 0. The standard InChI is InChI=1S/C20H43N5O/c1-2-4-6-8-19-26-20-18-25-17-16-24-15-14-23-13-12-22-11-10-21-9-7-5-3-1/h6,8,21-25H,1-5,7,9-20H2. The summed E-state index contributed by atoms with van der Waals surface area (Å²) in [6.45, 7) is 11.8. The predicted molar refractivity (Wildman–Crippen MR) is 112 cm³/mol. The summed E-state index contributed by atoms with van der Waals surface area (Å²) in [6.07, 6.45) is 12.3. The molecule has 0 saturated heterocycles. The molecule has 6 heteroatoms. The van der Waals surface area contributed by atoms with Crippen molar-refractivity contribution >= 4 is 0 Å². The van der Waals surface area contributed by atoms with Gasteiger partial charge in [0.25, 0.3) is 0 Å². The van der Waals surface area contributed by atoms with Crippen molar-refractivity contribution in [3.63, 3.8) is 0 Å². The molecule has 0 aromatic carbocycles. The van der Waals surface area contributed by atoms with Gasteiger partial charge in [0.2, 0.25) is 0 Å². The van der Waals surface area contributed by atoms with Gasteiger partial charge in [0.15, 0.2) is 0 Å². The lowest BCUT2D eigenvalue weighted by atomic mass is 10.1. The molecule has 0 unspecified atom stereocenters. The van der Waals surface area contributed by atoms with Crippen molar-refractivity contribution in [3.8, 4) is 0 Å². The molecule has 6 nitrogen and oxygen atoms in total. The van der Waals surface area contributed by atoms with E-state index in [1.807, 2.05) is 0 Å². The van der Waals surface area contributed by atoms with Crippen molar-refractivity contribution in [2.75, 3.05) is 78.7 Å². The van der Waals surface area contributed by atoms with E-state index < -0.39 is 0 Å². The third-order valence-electron chi connectivity index (χ3n) is 4.44. The van der Waals surface area contributed by atoms with Crippen LogP contribution in [0.15, 0.2) is 12.2 Å². The lowest BCUT2D eigenvalue weighted by Gasteiger charge is -2.09. The maximum atomic E-state index is 5.60. The van der Waals surface area contributed by atoms with Crippen molar-refractivity contribution in [1.29, 1.82) is 0 Å². The average Bonchev–Trinajstić information content (AvgIpc) is 2.65. The van der Waals surface area contributed by atoms with Gasteiger partial charge in [-0.05, 0) is 25.8 Å². The topological polar surface area (TPSA) is 69.4 Å². The summed E-state index contributed by atoms with van der Waals surface area (Å²) < 4.78 is 5.60. The van der Waals surface area contributed by atoms with Crippen LogP contribution in [-0.2, 0) is 4.74 Å². The van der Waals surface area contributed by atoms with Gasteiger partial charge in [0.1, 0.15) is 0 Å². The normalized spacial score (nSPS) is 23.4. The van der Waals surface area contributed by atoms with Gasteiger partial charge in [-0.25, -0.2) is 0 Å². The summed E-state index contributed by atoms with van der Waals surface area (Å²) in [5, 5.41) is 17.3. The Kier molecular flexibility index (Phi) is 18.8. The zero-order valence-electron chi connectivity index (χ0n) is 16.8. The summed E-state index contributed by atoms with van der Waals surface area (Å²) in [4.78, 5) is 0. The van der Waals surface area contributed by atoms with Crippen LogP contribution >= 0.6 is 0 Å². The van der Waals surface area contributed by atoms with Crippen molar-refractivity contribution in [3.05, 3.63) is 12.2 Å². The maximum absolute atomic E-state index is 5.60. The third-order valence-corrected chi connectivity index (χ3v) is 4.44. The van der Waals surface area contributed by atoms with Crippen molar-refractivity contribution in [2.24, 2.45) is 0 Å². The summed E-state index contributed by atoms with van der Waals surface area (Å²) in [5.74, 6) is 0. The summed E-state index contributed by atoms with van der Waals surface area (Å²) in [6, 6.07) is 0. The van der Waals surface area contributed by atoms with Gasteiger partial charge in [0, 0.05) is 58.9 Å². The first-order valence-corrected chi connectivity index (χ1v) is 10.8.